The van der Waals surface area contributed by atoms with E-state index in [0.29, 0.717) is 17.0 Å². The third kappa shape index (κ3) is 2.96. The number of aryl methyl sites for hydroxylation is 1. The van der Waals surface area contributed by atoms with Crippen molar-refractivity contribution in [3.63, 3.8) is 0 Å². The number of aromatic nitrogens is 3. The number of halogens is 2. The summed E-state index contributed by atoms with van der Waals surface area (Å²) in [5, 5.41) is 0.842. The fraction of sp³-hybridized carbons (Fsp3) is 0.0500. The van der Waals surface area contributed by atoms with Gasteiger partial charge in [0, 0.05) is 35.1 Å². The van der Waals surface area contributed by atoms with Crippen LogP contribution in [0.25, 0.3) is 33.4 Å². The standard InChI is InChI=1S/C20H13F2N3/c1-12-18-9-13(15-7-16(21)10-17(22)8-15)4-5-19(18)25-20(24-12)14-3-2-6-23-11-14/h2-11H,1H3. The lowest BCUT2D eigenvalue weighted by atomic mass is 10.0. The van der Waals surface area contributed by atoms with E-state index < -0.39 is 11.6 Å². The molecule has 0 saturated carbocycles. The van der Waals surface area contributed by atoms with E-state index in [2.05, 4.69) is 15.0 Å². The van der Waals surface area contributed by atoms with Gasteiger partial charge in [0.15, 0.2) is 5.82 Å². The number of hydrogen-bond acceptors (Lipinski definition) is 3. The molecule has 0 spiro atoms. The molecule has 122 valence electrons. The molecular weight excluding hydrogens is 320 g/mol. The van der Waals surface area contributed by atoms with E-state index in [1.165, 1.54) is 12.1 Å². The van der Waals surface area contributed by atoms with Crippen LogP contribution in [0.1, 0.15) is 5.69 Å². The van der Waals surface area contributed by atoms with Crippen molar-refractivity contribution in [1.82, 2.24) is 15.0 Å². The van der Waals surface area contributed by atoms with Crippen molar-refractivity contribution in [3.8, 4) is 22.5 Å². The minimum Gasteiger partial charge on any atom is -0.264 e. The number of benzene rings is 2. The first-order chi connectivity index (χ1) is 12.1. The molecule has 0 aliphatic heterocycles. The van der Waals surface area contributed by atoms with Crippen LogP contribution in [0.5, 0.6) is 0 Å². The maximum atomic E-state index is 13.5. The summed E-state index contributed by atoms with van der Waals surface area (Å²) in [6, 6.07) is 12.7. The molecule has 0 radical (unpaired) electrons. The minimum absolute atomic E-state index is 0.482. The van der Waals surface area contributed by atoms with Crippen molar-refractivity contribution >= 4 is 10.9 Å². The summed E-state index contributed by atoms with van der Waals surface area (Å²) in [7, 11) is 0. The fourth-order valence-electron chi connectivity index (χ4n) is 2.81. The lowest BCUT2D eigenvalue weighted by molar-refractivity contribution is 0.584. The summed E-state index contributed by atoms with van der Waals surface area (Å²) in [4.78, 5) is 13.2. The Kier molecular flexibility index (Phi) is 3.69. The third-order valence-electron chi connectivity index (χ3n) is 4.00. The van der Waals surface area contributed by atoms with Gasteiger partial charge in [-0.15, -0.1) is 0 Å². The lowest BCUT2D eigenvalue weighted by Gasteiger charge is -2.08. The van der Waals surface area contributed by atoms with Gasteiger partial charge in [0.25, 0.3) is 0 Å². The fourth-order valence-corrected chi connectivity index (χ4v) is 2.81. The largest absolute Gasteiger partial charge is 0.264 e. The molecule has 2 aromatic carbocycles. The highest BCUT2D eigenvalue weighted by Crippen LogP contribution is 2.27. The van der Waals surface area contributed by atoms with E-state index in [9.17, 15) is 8.78 Å². The normalized spacial score (nSPS) is 11.0. The first-order valence-electron chi connectivity index (χ1n) is 7.75. The molecule has 25 heavy (non-hydrogen) atoms. The van der Waals surface area contributed by atoms with E-state index in [4.69, 9.17) is 0 Å². The Hall–Kier alpha value is -3.21. The predicted octanol–water partition coefficient (Wildman–Crippen LogP) is 4.95. The van der Waals surface area contributed by atoms with Crippen LogP contribution in [0.4, 0.5) is 8.78 Å². The van der Waals surface area contributed by atoms with Crippen molar-refractivity contribution in [1.29, 1.82) is 0 Å². The lowest BCUT2D eigenvalue weighted by Crippen LogP contribution is -1.95. The second-order valence-corrected chi connectivity index (χ2v) is 5.76. The van der Waals surface area contributed by atoms with E-state index in [1.54, 1.807) is 18.5 Å². The zero-order valence-corrected chi connectivity index (χ0v) is 13.4. The quantitative estimate of drug-likeness (QED) is 0.521. The molecule has 5 heteroatoms. The predicted molar refractivity (Wildman–Crippen MR) is 92.9 cm³/mol. The molecule has 3 nitrogen and oxygen atoms in total. The Morgan fingerprint density at radius 3 is 2.32 bits per heavy atom. The average molecular weight is 333 g/mol. The molecule has 4 rings (SSSR count). The van der Waals surface area contributed by atoms with Gasteiger partial charge < -0.3 is 0 Å². The number of nitrogens with zero attached hydrogens (tertiary/aromatic N) is 3. The molecule has 0 aliphatic rings. The van der Waals surface area contributed by atoms with Gasteiger partial charge in [-0.1, -0.05) is 6.07 Å². The Bertz CT molecular complexity index is 1060. The van der Waals surface area contributed by atoms with Gasteiger partial charge >= 0.3 is 0 Å². The topological polar surface area (TPSA) is 38.7 Å². The molecule has 0 unspecified atom stereocenters. The van der Waals surface area contributed by atoms with Crippen molar-refractivity contribution in [2.45, 2.75) is 6.92 Å². The first kappa shape index (κ1) is 15.3. The van der Waals surface area contributed by atoms with Gasteiger partial charge in [-0.3, -0.25) is 4.98 Å². The van der Waals surface area contributed by atoms with Crippen LogP contribution in [0.15, 0.2) is 60.9 Å². The summed E-state index contributed by atoms with van der Waals surface area (Å²) in [5.41, 5.74) is 3.60. The van der Waals surface area contributed by atoms with Crippen LogP contribution >= 0.6 is 0 Å². The maximum absolute atomic E-state index is 13.5. The molecule has 0 bridgehead atoms. The Morgan fingerprint density at radius 2 is 1.60 bits per heavy atom. The SMILES string of the molecule is Cc1nc(-c2cccnc2)nc2ccc(-c3cc(F)cc(F)c3)cc12. The van der Waals surface area contributed by atoms with Crippen LogP contribution in [0.2, 0.25) is 0 Å². The van der Waals surface area contributed by atoms with Gasteiger partial charge in [0.2, 0.25) is 0 Å². The summed E-state index contributed by atoms with van der Waals surface area (Å²) in [6.45, 7) is 1.89. The zero-order chi connectivity index (χ0) is 17.4. The smallest absolute Gasteiger partial charge is 0.161 e. The van der Waals surface area contributed by atoms with Gasteiger partial charge in [-0.25, -0.2) is 18.7 Å². The van der Waals surface area contributed by atoms with Crippen molar-refractivity contribution in [2.24, 2.45) is 0 Å². The second kappa shape index (κ2) is 6.02. The monoisotopic (exact) mass is 333 g/mol. The van der Waals surface area contributed by atoms with Gasteiger partial charge in [0.05, 0.1) is 5.52 Å². The molecule has 2 aromatic heterocycles. The van der Waals surface area contributed by atoms with Crippen LogP contribution in [0, 0.1) is 18.6 Å². The first-order valence-corrected chi connectivity index (χ1v) is 7.75. The Labute approximate surface area is 143 Å². The van der Waals surface area contributed by atoms with Crippen molar-refractivity contribution in [3.05, 3.63) is 78.3 Å². The number of hydrogen-bond donors (Lipinski definition) is 0. The summed E-state index contributed by atoms with van der Waals surface area (Å²) >= 11 is 0. The van der Waals surface area contributed by atoms with Crippen LogP contribution in [-0.4, -0.2) is 15.0 Å². The van der Waals surface area contributed by atoms with Crippen LogP contribution in [-0.2, 0) is 0 Å². The molecule has 0 saturated heterocycles. The van der Waals surface area contributed by atoms with E-state index in [0.717, 1.165) is 28.2 Å². The summed E-state index contributed by atoms with van der Waals surface area (Å²) in [6.07, 6.45) is 3.41. The number of fused-ring (bicyclic) bond motifs is 1. The molecule has 0 amide bonds. The van der Waals surface area contributed by atoms with Gasteiger partial charge in [-0.05, 0) is 54.4 Å². The molecule has 0 N–H and O–H groups in total. The molecule has 0 aliphatic carbocycles. The van der Waals surface area contributed by atoms with E-state index >= 15 is 0 Å². The van der Waals surface area contributed by atoms with Crippen molar-refractivity contribution in [2.75, 3.05) is 0 Å². The molecule has 4 aromatic rings. The molecule has 0 atom stereocenters. The summed E-state index contributed by atoms with van der Waals surface area (Å²) in [5.74, 6) is -0.604. The number of rotatable bonds is 2. The highest BCUT2D eigenvalue weighted by Gasteiger charge is 2.09. The molecule has 0 fully saturated rings. The van der Waals surface area contributed by atoms with Crippen LogP contribution in [0.3, 0.4) is 0 Å². The highest BCUT2D eigenvalue weighted by molar-refractivity contribution is 5.87. The number of pyridine rings is 1. The summed E-state index contributed by atoms with van der Waals surface area (Å²) < 4.78 is 27.0. The van der Waals surface area contributed by atoms with E-state index in [1.807, 2.05) is 31.2 Å². The van der Waals surface area contributed by atoms with Crippen LogP contribution < -0.4 is 0 Å². The third-order valence-corrected chi connectivity index (χ3v) is 4.00. The average Bonchev–Trinajstić information content (AvgIpc) is 2.61. The Balaban J connectivity index is 1.85. The molecule has 2 heterocycles. The molecular formula is C20H13F2N3. The van der Waals surface area contributed by atoms with Gasteiger partial charge in [0.1, 0.15) is 11.6 Å². The Morgan fingerprint density at radius 1 is 0.800 bits per heavy atom. The second-order valence-electron chi connectivity index (χ2n) is 5.76. The zero-order valence-electron chi connectivity index (χ0n) is 13.4. The van der Waals surface area contributed by atoms with E-state index in [-0.39, 0.29) is 0 Å². The maximum Gasteiger partial charge on any atom is 0.161 e. The van der Waals surface area contributed by atoms with Crippen molar-refractivity contribution < 1.29 is 8.78 Å². The highest BCUT2D eigenvalue weighted by atomic mass is 19.1. The minimum atomic E-state index is -0.602. The van der Waals surface area contributed by atoms with Gasteiger partial charge in [-0.2, -0.15) is 0 Å².